The molecule has 26 heavy (non-hydrogen) atoms. The number of rotatable bonds is 11. The van der Waals surface area contributed by atoms with Crippen LogP contribution in [0.1, 0.15) is 37.9 Å². The van der Waals surface area contributed by atoms with Gasteiger partial charge in [0.15, 0.2) is 15.7 Å². The Kier molecular flexibility index (Phi) is 7.59. The largest absolute Gasteiger partial charge is 0.494 e. The van der Waals surface area contributed by atoms with Gasteiger partial charge in [-0.15, -0.1) is 0 Å². The lowest BCUT2D eigenvalue weighted by Crippen LogP contribution is -2.21. The van der Waals surface area contributed by atoms with Crippen LogP contribution in [-0.4, -0.2) is 49.9 Å². The first-order valence-electron chi connectivity index (χ1n) is 8.81. The van der Waals surface area contributed by atoms with Gasteiger partial charge in [-0.2, -0.15) is 4.98 Å². The van der Waals surface area contributed by atoms with Gasteiger partial charge in [0.05, 0.1) is 18.0 Å². The molecule has 8 heteroatoms. The molecular formula is C18H27N3O4S. The maximum absolute atomic E-state index is 11.6. The van der Waals surface area contributed by atoms with E-state index < -0.39 is 9.84 Å². The van der Waals surface area contributed by atoms with Gasteiger partial charge >= 0.3 is 0 Å². The summed E-state index contributed by atoms with van der Waals surface area (Å²) < 4.78 is 34.0. The number of benzene rings is 1. The Hall–Kier alpha value is -1.93. The molecule has 0 radical (unpaired) electrons. The molecule has 7 nitrogen and oxygen atoms in total. The first-order valence-corrected chi connectivity index (χ1v) is 10.7. The molecule has 144 valence electrons. The summed E-state index contributed by atoms with van der Waals surface area (Å²) in [6, 6.07) is 6.56. The van der Waals surface area contributed by atoms with E-state index in [-0.39, 0.29) is 4.90 Å². The van der Waals surface area contributed by atoms with Gasteiger partial charge in [-0.1, -0.05) is 24.6 Å². The van der Waals surface area contributed by atoms with Crippen molar-refractivity contribution in [2.45, 2.75) is 44.0 Å². The summed E-state index contributed by atoms with van der Waals surface area (Å²) in [4.78, 5) is 6.76. The van der Waals surface area contributed by atoms with E-state index in [4.69, 9.17) is 9.26 Å². The predicted octanol–water partition coefficient (Wildman–Crippen LogP) is 2.72. The van der Waals surface area contributed by atoms with Crippen molar-refractivity contribution in [3.8, 4) is 5.75 Å². The van der Waals surface area contributed by atoms with Gasteiger partial charge in [0.1, 0.15) is 5.75 Å². The summed E-state index contributed by atoms with van der Waals surface area (Å²) in [6.07, 6.45) is 4.97. The quantitative estimate of drug-likeness (QED) is 0.553. The van der Waals surface area contributed by atoms with Gasteiger partial charge in [-0.3, -0.25) is 4.90 Å². The number of aryl methyl sites for hydroxylation is 1. The summed E-state index contributed by atoms with van der Waals surface area (Å²) >= 11 is 0. The van der Waals surface area contributed by atoms with Crippen LogP contribution < -0.4 is 4.74 Å². The van der Waals surface area contributed by atoms with E-state index >= 15 is 0 Å². The average molecular weight is 381 g/mol. The maximum atomic E-state index is 11.6. The molecule has 0 bridgehead atoms. The molecule has 1 heterocycles. The van der Waals surface area contributed by atoms with Gasteiger partial charge in [-0.05, 0) is 38.1 Å². The monoisotopic (exact) mass is 381 g/mol. The Morgan fingerprint density at radius 1 is 1.27 bits per heavy atom. The lowest BCUT2D eigenvalue weighted by atomic mass is 10.2. The summed E-state index contributed by atoms with van der Waals surface area (Å²) in [5.41, 5.74) is 0. The second-order valence-corrected chi connectivity index (χ2v) is 8.41. The normalized spacial score (nSPS) is 11.8. The summed E-state index contributed by atoms with van der Waals surface area (Å²) in [7, 11) is -1.23. The maximum Gasteiger partial charge on any atom is 0.226 e. The molecule has 0 fully saturated rings. The van der Waals surface area contributed by atoms with Crippen LogP contribution in [0.5, 0.6) is 5.75 Å². The summed E-state index contributed by atoms with van der Waals surface area (Å²) in [5.74, 6) is 1.96. The van der Waals surface area contributed by atoms with Crippen molar-refractivity contribution >= 4 is 9.84 Å². The average Bonchev–Trinajstić information content (AvgIpc) is 3.03. The van der Waals surface area contributed by atoms with Crippen molar-refractivity contribution in [3.05, 3.63) is 36.0 Å². The lowest BCUT2D eigenvalue weighted by molar-refractivity contribution is 0.253. The van der Waals surface area contributed by atoms with Crippen LogP contribution >= 0.6 is 0 Å². The van der Waals surface area contributed by atoms with Crippen molar-refractivity contribution in [2.75, 3.05) is 26.5 Å². The molecule has 0 amide bonds. The Balaban J connectivity index is 1.72. The van der Waals surface area contributed by atoms with Crippen LogP contribution in [0.3, 0.4) is 0 Å². The molecule has 0 saturated carbocycles. The molecule has 1 aromatic heterocycles. The highest BCUT2D eigenvalue weighted by molar-refractivity contribution is 7.90. The van der Waals surface area contributed by atoms with Gasteiger partial charge in [0, 0.05) is 19.2 Å². The minimum atomic E-state index is -3.22. The zero-order valence-corrected chi connectivity index (χ0v) is 16.5. The van der Waals surface area contributed by atoms with Crippen LogP contribution in [0.2, 0.25) is 0 Å². The second kappa shape index (κ2) is 9.68. The van der Waals surface area contributed by atoms with E-state index in [0.29, 0.717) is 30.6 Å². The SMILES string of the molecule is CCCCc1nc(CN(C)CCCOc2cccc(S(C)(=O)=O)c2)no1. The number of nitrogens with zero attached hydrogens (tertiary/aromatic N) is 3. The van der Waals surface area contributed by atoms with E-state index in [1.165, 1.54) is 6.26 Å². The molecule has 0 aliphatic heterocycles. The minimum absolute atomic E-state index is 0.267. The highest BCUT2D eigenvalue weighted by Gasteiger charge is 2.10. The van der Waals surface area contributed by atoms with E-state index in [1.807, 2.05) is 7.05 Å². The summed E-state index contributed by atoms with van der Waals surface area (Å²) in [5, 5.41) is 4.00. The molecule has 0 aliphatic carbocycles. The van der Waals surface area contributed by atoms with Crippen molar-refractivity contribution in [2.24, 2.45) is 0 Å². The van der Waals surface area contributed by atoms with Crippen LogP contribution in [-0.2, 0) is 22.8 Å². The highest BCUT2D eigenvalue weighted by Crippen LogP contribution is 2.17. The number of ether oxygens (including phenoxy) is 1. The Bertz CT molecular complexity index is 789. The molecule has 0 atom stereocenters. The van der Waals surface area contributed by atoms with Crippen molar-refractivity contribution < 1.29 is 17.7 Å². The van der Waals surface area contributed by atoms with E-state index in [1.54, 1.807) is 24.3 Å². The predicted molar refractivity (Wildman–Crippen MR) is 98.9 cm³/mol. The number of hydrogen-bond acceptors (Lipinski definition) is 7. The van der Waals surface area contributed by atoms with E-state index in [0.717, 1.165) is 32.2 Å². The van der Waals surface area contributed by atoms with Crippen molar-refractivity contribution in [1.82, 2.24) is 15.0 Å². The van der Waals surface area contributed by atoms with Gasteiger partial charge in [0.2, 0.25) is 5.89 Å². The molecule has 1 aromatic carbocycles. The highest BCUT2D eigenvalue weighted by atomic mass is 32.2. The van der Waals surface area contributed by atoms with Crippen LogP contribution in [0.25, 0.3) is 0 Å². The molecule has 2 rings (SSSR count). The number of hydrogen-bond donors (Lipinski definition) is 0. The Morgan fingerprint density at radius 2 is 2.08 bits per heavy atom. The third-order valence-corrected chi connectivity index (χ3v) is 4.96. The van der Waals surface area contributed by atoms with Crippen LogP contribution in [0, 0.1) is 0 Å². The minimum Gasteiger partial charge on any atom is -0.494 e. The molecule has 0 aliphatic rings. The number of aromatic nitrogens is 2. The molecule has 0 unspecified atom stereocenters. The van der Waals surface area contributed by atoms with E-state index in [9.17, 15) is 8.42 Å². The zero-order chi connectivity index (χ0) is 19.0. The molecule has 0 N–H and O–H groups in total. The zero-order valence-electron chi connectivity index (χ0n) is 15.6. The van der Waals surface area contributed by atoms with Gasteiger partial charge in [-0.25, -0.2) is 8.42 Å². The van der Waals surface area contributed by atoms with Gasteiger partial charge < -0.3 is 9.26 Å². The fourth-order valence-electron chi connectivity index (χ4n) is 2.42. The van der Waals surface area contributed by atoms with Crippen LogP contribution in [0.15, 0.2) is 33.7 Å². The fourth-order valence-corrected chi connectivity index (χ4v) is 3.08. The van der Waals surface area contributed by atoms with Crippen molar-refractivity contribution in [3.63, 3.8) is 0 Å². The smallest absolute Gasteiger partial charge is 0.226 e. The van der Waals surface area contributed by atoms with Crippen LogP contribution in [0.4, 0.5) is 0 Å². The molecule has 0 spiro atoms. The van der Waals surface area contributed by atoms with Crippen molar-refractivity contribution in [1.29, 1.82) is 0 Å². The number of unbranched alkanes of at least 4 members (excludes halogenated alkanes) is 1. The Labute approximate surface area is 155 Å². The molecule has 2 aromatic rings. The Morgan fingerprint density at radius 3 is 2.81 bits per heavy atom. The third kappa shape index (κ3) is 6.76. The fraction of sp³-hybridized carbons (Fsp3) is 0.556. The van der Waals surface area contributed by atoms with Gasteiger partial charge in [0.25, 0.3) is 0 Å². The standard InChI is InChI=1S/C18H27N3O4S/c1-4-5-10-18-19-17(20-25-18)14-21(2)11-7-12-24-15-8-6-9-16(13-15)26(3,22)23/h6,8-9,13H,4-5,7,10-12,14H2,1-3H3. The topological polar surface area (TPSA) is 85.5 Å². The molecular weight excluding hydrogens is 354 g/mol. The van der Waals surface area contributed by atoms with E-state index in [2.05, 4.69) is 22.0 Å². The third-order valence-electron chi connectivity index (χ3n) is 3.85. The lowest BCUT2D eigenvalue weighted by Gasteiger charge is -2.14. The summed E-state index contributed by atoms with van der Waals surface area (Å²) in [6.45, 7) is 4.07. The molecule has 0 saturated heterocycles. The second-order valence-electron chi connectivity index (χ2n) is 6.39. The number of sulfone groups is 1. The first kappa shape index (κ1) is 20.4. The first-order chi connectivity index (χ1) is 12.4.